The second-order valence-electron chi connectivity index (χ2n) is 7.64. The first-order chi connectivity index (χ1) is 15.1. The predicted molar refractivity (Wildman–Crippen MR) is 119 cm³/mol. The van der Waals surface area contributed by atoms with Gasteiger partial charge in [-0.3, -0.25) is 14.6 Å². The molecule has 0 unspecified atom stereocenters. The molecule has 0 spiro atoms. The number of likely N-dealkylation sites (tertiary alicyclic amines) is 1. The van der Waals surface area contributed by atoms with Crippen molar-refractivity contribution in [3.63, 3.8) is 0 Å². The van der Waals surface area contributed by atoms with Crippen molar-refractivity contribution in [3.8, 4) is 11.5 Å². The van der Waals surface area contributed by atoms with Gasteiger partial charge in [-0.1, -0.05) is 13.8 Å². The molecule has 1 saturated heterocycles. The van der Waals surface area contributed by atoms with Gasteiger partial charge < -0.3 is 19.7 Å². The van der Waals surface area contributed by atoms with Crippen LogP contribution < -0.4 is 14.8 Å². The molecule has 0 saturated carbocycles. The average Bonchev–Trinajstić information content (AvgIpc) is 2.82. The van der Waals surface area contributed by atoms with Crippen molar-refractivity contribution in [1.29, 1.82) is 0 Å². The van der Waals surface area contributed by atoms with E-state index in [-0.39, 0.29) is 17.9 Å². The minimum atomic E-state index is -0.127. The molecular formula is C24H31N3O4. The third kappa shape index (κ3) is 6.20. The number of hydrogen-bond acceptors (Lipinski definition) is 5. The zero-order valence-electron chi connectivity index (χ0n) is 18.3. The number of ether oxygens (including phenoxy) is 2. The van der Waals surface area contributed by atoms with Gasteiger partial charge in [-0.25, -0.2) is 0 Å². The van der Waals surface area contributed by atoms with Crippen molar-refractivity contribution in [1.82, 2.24) is 15.2 Å². The van der Waals surface area contributed by atoms with Crippen molar-refractivity contribution < 1.29 is 19.1 Å². The van der Waals surface area contributed by atoms with E-state index >= 15 is 0 Å². The highest BCUT2D eigenvalue weighted by Gasteiger charge is 2.25. The van der Waals surface area contributed by atoms with Crippen LogP contribution in [0.15, 0.2) is 42.7 Å². The van der Waals surface area contributed by atoms with Crippen LogP contribution in [0.1, 0.15) is 60.2 Å². The number of piperidine rings is 1. The molecule has 1 aliphatic rings. The quantitative estimate of drug-likeness (QED) is 0.663. The van der Waals surface area contributed by atoms with Gasteiger partial charge in [0, 0.05) is 37.1 Å². The summed E-state index contributed by atoms with van der Waals surface area (Å²) in [6.07, 6.45) is 6.41. The lowest BCUT2D eigenvalue weighted by atomic mass is 10.0. The molecule has 1 aromatic carbocycles. The van der Waals surface area contributed by atoms with Crippen LogP contribution >= 0.6 is 0 Å². The highest BCUT2D eigenvalue weighted by molar-refractivity contribution is 5.95. The summed E-state index contributed by atoms with van der Waals surface area (Å²) in [5.74, 6) is 1.13. The fourth-order valence-corrected chi connectivity index (χ4v) is 3.47. The number of aromatic nitrogens is 1. The van der Waals surface area contributed by atoms with Gasteiger partial charge in [0.15, 0.2) is 11.5 Å². The molecule has 2 amide bonds. The van der Waals surface area contributed by atoms with Gasteiger partial charge in [-0.05, 0) is 56.0 Å². The van der Waals surface area contributed by atoms with Gasteiger partial charge in [0.05, 0.1) is 18.8 Å². The van der Waals surface area contributed by atoms with Crippen molar-refractivity contribution >= 4 is 11.8 Å². The van der Waals surface area contributed by atoms with E-state index in [4.69, 9.17) is 9.47 Å². The van der Waals surface area contributed by atoms with E-state index in [0.717, 1.165) is 12.8 Å². The predicted octanol–water partition coefficient (Wildman–Crippen LogP) is 3.69. The van der Waals surface area contributed by atoms with Gasteiger partial charge in [0.25, 0.3) is 11.8 Å². The van der Waals surface area contributed by atoms with Crippen molar-refractivity contribution in [2.45, 2.75) is 45.6 Å². The second kappa shape index (κ2) is 11.3. The SMILES string of the molecule is CCCOc1ccc(C(=O)N2CCC(NC(=O)c3cccnc3)CC2)cc1OCCC. The van der Waals surface area contributed by atoms with Crippen LogP contribution in [0.4, 0.5) is 0 Å². The maximum atomic E-state index is 13.0. The van der Waals surface area contributed by atoms with Crippen LogP contribution in [0.5, 0.6) is 11.5 Å². The molecule has 2 aromatic rings. The van der Waals surface area contributed by atoms with Crippen molar-refractivity contribution in [3.05, 3.63) is 53.9 Å². The number of nitrogens with zero attached hydrogens (tertiary/aromatic N) is 2. The van der Waals surface area contributed by atoms with E-state index in [1.807, 2.05) is 24.8 Å². The van der Waals surface area contributed by atoms with Gasteiger partial charge >= 0.3 is 0 Å². The molecule has 0 atom stereocenters. The summed E-state index contributed by atoms with van der Waals surface area (Å²) in [5.41, 5.74) is 1.14. The fraction of sp³-hybridized carbons (Fsp3) is 0.458. The number of nitrogens with one attached hydrogen (secondary N) is 1. The Kier molecular flexibility index (Phi) is 8.27. The number of carbonyl (C=O) groups excluding carboxylic acids is 2. The minimum Gasteiger partial charge on any atom is -0.490 e. The van der Waals surface area contributed by atoms with Gasteiger partial charge in [-0.2, -0.15) is 0 Å². The number of hydrogen-bond donors (Lipinski definition) is 1. The minimum absolute atomic E-state index is 0.0274. The summed E-state index contributed by atoms with van der Waals surface area (Å²) >= 11 is 0. The Hall–Kier alpha value is -3.09. The summed E-state index contributed by atoms with van der Waals surface area (Å²) < 4.78 is 11.6. The van der Waals surface area contributed by atoms with Crippen LogP contribution in [0, 0.1) is 0 Å². The highest BCUT2D eigenvalue weighted by atomic mass is 16.5. The Bertz CT molecular complexity index is 864. The molecule has 1 N–H and O–H groups in total. The monoisotopic (exact) mass is 425 g/mol. The smallest absolute Gasteiger partial charge is 0.253 e. The zero-order chi connectivity index (χ0) is 22.1. The molecule has 7 heteroatoms. The van der Waals surface area contributed by atoms with E-state index in [0.29, 0.717) is 61.8 Å². The number of pyridine rings is 1. The second-order valence-corrected chi connectivity index (χ2v) is 7.64. The number of carbonyl (C=O) groups is 2. The summed E-state index contributed by atoms with van der Waals surface area (Å²) in [5, 5.41) is 3.04. The Labute approximate surface area is 183 Å². The third-order valence-electron chi connectivity index (χ3n) is 5.16. The normalized spacial score (nSPS) is 14.2. The van der Waals surface area contributed by atoms with Crippen LogP contribution in [-0.4, -0.2) is 54.0 Å². The van der Waals surface area contributed by atoms with E-state index in [9.17, 15) is 9.59 Å². The maximum absolute atomic E-state index is 13.0. The Morgan fingerprint density at radius 3 is 2.39 bits per heavy atom. The van der Waals surface area contributed by atoms with Crippen LogP contribution in [0.25, 0.3) is 0 Å². The summed E-state index contributed by atoms with van der Waals surface area (Å²) in [7, 11) is 0. The molecular weight excluding hydrogens is 394 g/mol. The Morgan fingerprint density at radius 1 is 1.03 bits per heavy atom. The molecule has 166 valence electrons. The van der Waals surface area contributed by atoms with Crippen LogP contribution in [-0.2, 0) is 0 Å². The Balaban J connectivity index is 1.58. The van der Waals surface area contributed by atoms with E-state index in [2.05, 4.69) is 10.3 Å². The molecule has 0 bridgehead atoms. The van der Waals surface area contributed by atoms with Crippen molar-refractivity contribution in [2.75, 3.05) is 26.3 Å². The van der Waals surface area contributed by atoms with Gasteiger partial charge in [0.2, 0.25) is 0 Å². The largest absolute Gasteiger partial charge is 0.490 e. The molecule has 1 aromatic heterocycles. The maximum Gasteiger partial charge on any atom is 0.253 e. The Morgan fingerprint density at radius 2 is 1.74 bits per heavy atom. The molecule has 7 nitrogen and oxygen atoms in total. The summed E-state index contributed by atoms with van der Waals surface area (Å²) in [4.78, 5) is 31.2. The summed E-state index contributed by atoms with van der Waals surface area (Å²) in [6, 6.07) is 8.92. The molecule has 0 radical (unpaired) electrons. The lowest BCUT2D eigenvalue weighted by Crippen LogP contribution is -2.46. The lowest BCUT2D eigenvalue weighted by Gasteiger charge is -2.32. The van der Waals surface area contributed by atoms with Crippen LogP contribution in [0.3, 0.4) is 0 Å². The first kappa shape index (κ1) is 22.6. The number of benzene rings is 1. The molecule has 1 aliphatic heterocycles. The fourth-order valence-electron chi connectivity index (χ4n) is 3.47. The van der Waals surface area contributed by atoms with Crippen molar-refractivity contribution in [2.24, 2.45) is 0 Å². The topological polar surface area (TPSA) is 80.8 Å². The molecule has 2 heterocycles. The third-order valence-corrected chi connectivity index (χ3v) is 5.16. The molecule has 31 heavy (non-hydrogen) atoms. The van der Waals surface area contributed by atoms with Gasteiger partial charge in [-0.15, -0.1) is 0 Å². The standard InChI is InChI=1S/C24H31N3O4/c1-3-14-30-21-8-7-18(16-22(21)31-15-4-2)24(29)27-12-9-20(10-13-27)26-23(28)19-6-5-11-25-17-19/h5-8,11,16-17,20H,3-4,9-10,12-15H2,1-2H3,(H,26,28). The molecule has 1 fully saturated rings. The van der Waals surface area contributed by atoms with Crippen LogP contribution in [0.2, 0.25) is 0 Å². The molecule has 3 rings (SSSR count). The average molecular weight is 426 g/mol. The van der Waals surface area contributed by atoms with E-state index in [1.54, 1.807) is 36.7 Å². The lowest BCUT2D eigenvalue weighted by molar-refractivity contribution is 0.0697. The highest BCUT2D eigenvalue weighted by Crippen LogP contribution is 2.30. The summed E-state index contributed by atoms with van der Waals surface area (Å²) in [6.45, 7) is 6.45. The molecule has 0 aliphatic carbocycles. The zero-order valence-corrected chi connectivity index (χ0v) is 18.3. The number of amides is 2. The van der Waals surface area contributed by atoms with E-state index < -0.39 is 0 Å². The van der Waals surface area contributed by atoms with Gasteiger partial charge in [0.1, 0.15) is 0 Å². The first-order valence-corrected chi connectivity index (χ1v) is 11.0. The van der Waals surface area contributed by atoms with E-state index in [1.165, 1.54) is 0 Å². The number of rotatable bonds is 9. The first-order valence-electron chi connectivity index (χ1n) is 11.0.